The van der Waals surface area contributed by atoms with E-state index in [2.05, 4.69) is 9.97 Å². The third kappa shape index (κ3) is 2.00. The van der Waals surface area contributed by atoms with Crippen LogP contribution in [0.4, 0.5) is 11.4 Å². The highest BCUT2D eigenvalue weighted by molar-refractivity contribution is 7.21. The first-order valence-corrected chi connectivity index (χ1v) is 6.81. The number of pyridine rings is 2. The van der Waals surface area contributed by atoms with Gasteiger partial charge in [-0.05, 0) is 24.3 Å². The van der Waals surface area contributed by atoms with E-state index in [1.165, 1.54) is 16.2 Å². The van der Waals surface area contributed by atoms with Gasteiger partial charge >= 0.3 is 0 Å². The van der Waals surface area contributed by atoms with Crippen molar-refractivity contribution in [3.8, 4) is 0 Å². The zero-order valence-corrected chi connectivity index (χ0v) is 11.6. The summed E-state index contributed by atoms with van der Waals surface area (Å²) in [6.45, 7) is 0. The predicted molar refractivity (Wildman–Crippen MR) is 81.0 cm³/mol. The SMILES string of the molecule is CN(C(=O)c1sc2ncccc2c1N)c1cccnc1. The van der Waals surface area contributed by atoms with Crippen molar-refractivity contribution in [2.45, 2.75) is 0 Å². The molecule has 5 nitrogen and oxygen atoms in total. The van der Waals surface area contributed by atoms with Gasteiger partial charge < -0.3 is 10.6 Å². The summed E-state index contributed by atoms with van der Waals surface area (Å²) in [6, 6.07) is 7.29. The number of amides is 1. The first-order chi connectivity index (χ1) is 9.68. The van der Waals surface area contributed by atoms with Gasteiger partial charge in [0.2, 0.25) is 0 Å². The number of nitrogens with zero attached hydrogens (tertiary/aromatic N) is 3. The van der Waals surface area contributed by atoms with Crippen LogP contribution in [0, 0.1) is 0 Å². The van der Waals surface area contributed by atoms with Gasteiger partial charge in [-0.2, -0.15) is 0 Å². The average Bonchev–Trinajstić information content (AvgIpc) is 2.84. The topological polar surface area (TPSA) is 72.1 Å². The maximum absolute atomic E-state index is 12.5. The summed E-state index contributed by atoms with van der Waals surface area (Å²) < 4.78 is 0. The molecule has 0 aromatic carbocycles. The standard InChI is InChI=1S/C14H12N4OS/c1-18(9-4-2-6-16-8-9)14(19)12-11(15)10-5-3-7-17-13(10)20-12/h2-8H,15H2,1H3. The molecule has 0 fully saturated rings. The molecule has 0 spiro atoms. The smallest absolute Gasteiger partial charge is 0.270 e. The molecule has 3 heterocycles. The highest BCUT2D eigenvalue weighted by Crippen LogP contribution is 2.33. The van der Waals surface area contributed by atoms with Crippen LogP contribution in [0.3, 0.4) is 0 Å². The molecule has 0 unspecified atom stereocenters. The molecular formula is C14H12N4OS. The fraction of sp³-hybridized carbons (Fsp3) is 0.0714. The Hall–Kier alpha value is -2.47. The van der Waals surface area contributed by atoms with E-state index in [0.29, 0.717) is 10.6 Å². The van der Waals surface area contributed by atoms with Gasteiger partial charge in [0.15, 0.2) is 0 Å². The van der Waals surface area contributed by atoms with Crippen LogP contribution in [0.1, 0.15) is 9.67 Å². The fourth-order valence-electron chi connectivity index (χ4n) is 1.93. The van der Waals surface area contributed by atoms with Crippen molar-refractivity contribution in [1.29, 1.82) is 0 Å². The van der Waals surface area contributed by atoms with Gasteiger partial charge in [-0.3, -0.25) is 9.78 Å². The lowest BCUT2D eigenvalue weighted by molar-refractivity contribution is 0.0997. The van der Waals surface area contributed by atoms with E-state index in [9.17, 15) is 4.79 Å². The summed E-state index contributed by atoms with van der Waals surface area (Å²) in [5.74, 6) is -0.154. The number of thiophene rings is 1. The molecule has 0 saturated carbocycles. The average molecular weight is 284 g/mol. The number of anilines is 2. The molecule has 20 heavy (non-hydrogen) atoms. The molecule has 0 atom stereocenters. The van der Waals surface area contributed by atoms with Crippen molar-refractivity contribution >= 4 is 38.8 Å². The number of fused-ring (bicyclic) bond motifs is 1. The molecule has 100 valence electrons. The third-order valence-electron chi connectivity index (χ3n) is 3.04. The van der Waals surface area contributed by atoms with Crippen LogP contribution in [0.5, 0.6) is 0 Å². The largest absolute Gasteiger partial charge is 0.397 e. The van der Waals surface area contributed by atoms with Crippen LogP contribution in [0.15, 0.2) is 42.9 Å². The van der Waals surface area contributed by atoms with Gasteiger partial charge in [-0.15, -0.1) is 11.3 Å². The first-order valence-electron chi connectivity index (χ1n) is 5.99. The quantitative estimate of drug-likeness (QED) is 0.785. The second-order valence-electron chi connectivity index (χ2n) is 4.28. The maximum Gasteiger partial charge on any atom is 0.270 e. The van der Waals surface area contributed by atoms with Gasteiger partial charge in [0.1, 0.15) is 9.71 Å². The van der Waals surface area contributed by atoms with Crippen molar-refractivity contribution < 1.29 is 4.79 Å². The number of rotatable bonds is 2. The van der Waals surface area contributed by atoms with Crippen molar-refractivity contribution in [2.24, 2.45) is 0 Å². The number of carbonyl (C=O) groups is 1. The summed E-state index contributed by atoms with van der Waals surface area (Å²) in [5.41, 5.74) is 7.27. The zero-order chi connectivity index (χ0) is 14.1. The number of nitrogens with two attached hydrogens (primary N) is 1. The molecule has 0 aliphatic carbocycles. The Morgan fingerprint density at radius 1 is 1.30 bits per heavy atom. The summed E-state index contributed by atoms with van der Waals surface area (Å²) >= 11 is 1.31. The number of nitrogen functional groups attached to an aromatic ring is 1. The molecular weight excluding hydrogens is 272 g/mol. The van der Waals surface area contributed by atoms with E-state index in [1.807, 2.05) is 18.2 Å². The van der Waals surface area contributed by atoms with Gasteiger partial charge in [0, 0.05) is 24.8 Å². The predicted octanol–water partition coefficient (Wildman–Crippen LogP) is 2.55. The first kappa shape index (κ1) is 12.6. The van der Waals surface area contributed by atoms with E-state index < -0.39 is 0 Å². The number of aromatic nitrogens is 2. The van der Waals surface area contributed by atoms with E-state index >= 15 is 0 Å². The number of carbonyl (C=O) groups excluding carboxylic acids is 1. The lowest BCUT2D eigenvalue weighted by Crippen LogP contribution is -2.26. The molecule has 3 aromatic heterocycles. The van der Waals surface area contributed by atoms with Crippen molar-refractivity contribution in [3.63, 3.8) is 0 Å². The minimum atomic E-state index is -0.154. The summed E-state index contributed by atoms with van der Waals surface area (Å²) in [4.78, 5) is 23.6. The van der Waals surface area contributed by atoms with E-state index in [4.69, 9.17) is 5.73 Å². The Labute approximate surface area is 119 Å². The minimum absolute atomic E-state index is 0.154. The van der Waals surface area contributed by atoms with Gasteiger partial charge in [-0.1, -0.05) is 0 Å². The molecule has 3 rings (SSSR count). The lowest BCUT2D eigenvalue weighted by Gasteiger charge is -2.16. The highest BCUT2D eigenvalue weighted by Gasteiger charge is 2.21. The van der Waals surface area contributed by atoms with Gasteiger partial charge in [0.05, 0.1) is 17.6 Å². The van der Waals surface area contributed by atoms with Crippen LogP contribution in [0.2, 0.25) is 0 Å². The molecule has 0 bridgehead atoms. The van der Waals surface area contributed by atoms with Gasteiger partial charge in [-0.25, -0.2) is 4.98 Å². The molecule has 0 saturated heterocycles. The summed E-state index contributed by atoms with van der Waals surface area (Å²) in [6.07, 6.45) is 5.00. The Bertz CT molecular complexity index is 769. The van der Waals surface area contributed by atoms with Crippen LogP contribution in [0.25, 0.3) is 10.2 Å². The Morgan fingerprint density at radius 2 is 2.10 bits per heavy atom. The summed E-state index contributed by atoms with van der Waals surface area (Å²) in [5, 5.41) is 0.820. The fourth-order valence-corrected chi connectivity index (χ4v) is 2.97. The Kier molecular flexibility index (Phi) is 3.08. The molecule has 6 heteroatoms. The Morgan fingerprint density at radius 3 is 2.80 bits per heavy atom. The lowest BCUT2D eigenvalue weighted by atomic mass is 10.2. The normalized spacial score (nSPS) is 10.7. The number of hydrogen-bond donors (Lipinski definition) is 1. The van der Waals surface area contributed by atoms with E-state index in [0.717, 1.165) is 15.9 Å². The summed E-state index contributed by atoms with van der Waals surface area (Å²) in [7, 11) is 1.70. The monoisotopic (exact) mass is 284 g/mol. The zero-order valence-electron chi connectivity index (χ0n) is 10.8. The molecule has 1 amide bonds. The maximum atomic E-state index is 12.5. The highest BCUT2D eigenvalue weighted by atomic mass is 32.1. The van der Waals surface area contributed by atoms with Crippen molar-refractivity contribution in [3.05, 3.63) is 47.7 Å². The third-order valence-corrected chi connectivity index (χ3v) is 4.15. The molecule has 0 aliphatic heterocycles. The second kappa shape index (κ2) is 4.90. The van der Waals surface area contributed by atoms with Gasteiger partial charge in [0.25, 0.3) is 5.91 Å². The van der Waals surface area contributed by atoms with Crippen LogP contribution < -0.4 is 10.6 Å². The number of hydrogen-bond acceptors (Lipinski definition) is 5. The van der Waals surface area contributed by atoms with E-state index in [1.54, 1.807) is 31.7 Å². The Balaban J connectivity index is 2.03. The molecule has 0 aliphatic rings. The minimum Gasteiger partial charge on any atom is -0.397 e. The van der Waals surface area contributed by atoms with Crippen molar-refractivity contribution in [2.75, 3.05) is 17.7 Å². The second-order valence-corrected chi connectivity index (χ2v) is 5.28. The van der Waals surface area contributed by atoms with Crippen LogP contribution in [-0.2, 0) is 0 Å². The van der Waals surface area contributed by atoms with E-state index in [-0.39, 0.29) is 5.91 Å². The molecule has 0 radical (unpaired) electrons. The van der Waals surface area contributed by atoms with Crippen molar-refractivity contribution in [1.82, 2.24) is 9.97 Å². The molecule has 3 aromatic rings. The molecule has 2 N–H and O–H groups in total. The van der Waals surface area contributed by atoms with Crippen LogP contribution in [-0.4, -0.2) is 22.9 Å². The van der Waals surface area contributed by atoms with Crippen LogP contribution >= 0.6 is 11.3 Å².